The Labute approximate surface area is 114 Å². The molecule has 0 unspecified atom stereocenters. The van der Waals surface area contributed by atoms with Gasteiger partial charge in [0.1, 0.15) is 0 Å². The van der Waals surface area contributed by atoms with Gasteiger partial charge in [0.15, 0.2) is 0 Å². The van der Waals surface area contributed by atoms with E-state index in [2.05, 4.69) is 4.90 Å². The van der Waals surface area contributed by atoms with Gasteiger partial charge in [0.2, 0.25) is 0 Å². The maximum Gasteiger partial charge on any atom is 0.338 e. The van der Waals surface area contributed by atoms with E-state index >= 15 is 0 Å². The van der Waals surface area contributed by atoms with Gasteiger partial charge < -0.3 is 15.4 Å². The lowest BCUT2D eigenvalue weighted by atomic mass is 10.1. The number of ether oxygens (including phenoxy) is 1. The standard InChI is InChI=1S/C15H22N2O2/c1-12-9-13(11-14(16)10-12)15(18)19-8-4-7-17-5-2-3-6-17/h9-11H,2-8,16H2,1H3. The van der Waals surface area contributed by atoms with E-state index in [1.807, 2.05) is 13.0 Å². The molecule has 0 aromatic heterocycles. The maximum absolute atomic E-state index is 11.9. The van der Waals surface area contributed by atoms with Crippen LogP contribution in [0.2, 0.25) is 0 Å². The van der Waals surface area contributed by atoms with Gasteiger partial charge in [-0.3, -0.25) is 0 Å². The van der Waals surface area contributed by atoms with Crippen molar-refractivity contribution in [2.24, 2.45) is 0 Å². The Morgan fingerprint density at radius 1 is 1.32 bits per heavy atom. The topological polar surface area (TPSA) is 55.6 Å². The van der Waals surface area contributed by atoms with Gasteiger partial charge in [-0.1, -0.05) is 0 Å². The van der Waals surface area contributed by atoms with E-state index in [1.165, 1.54) is 25.9 Å². The smallest absolute Gasteiger partial charge is 0.338 e. The van der Waals surface area contributed by atoms with Gasteiger partial charge in [-0.2, -0.15) is 0 Å². The summed E-state index contributed by atoms with van der Waals surface area (Å²) in [5.41, 5.74) is 7.84. The molecule has 4 nitrogen and oxygen atoms in total. The van der Waals surface area contributed by atoms with Gasteiger partial charge in [-0.15, -0.1) is 0 Å². The lowest BCUT2D eigenvalue weighted by molar-refractivity contribution is 0.0491. The molecule has 104 valence electrons. The molecule has 1 fully saturated rings. The third-order valence-electron chi connectivity index (χ3n) is 3.39. The number of nitrogens with zero attached hydrogens (tertiary/aromatic N) is 1. The molecule has 1 aromatic carbocycles. The van der Waals surface area contributed by atoms with Crippen molar-refractivity contribution in [2.45, 2.75) is 26.2 Å². The summed E-state index contributed by atoms with van der Waals surface area (Å²) in [4.78, 5) is 14.3. The highest BCUT2D eigenvalue weighted by Crippen LogP contribution is 2.12. The highest BCUT2D eigenvalue weighted by Gasteiger charge is 2.12. The molecule has 1 heterocycles. The molecule has 0 saturated carbocycles. The van der Waals surface area contributed by atoms with E-state index in [1.54, 1.807) is 12.1 Å². The molecule has 19 heavy (non-hydrogen) atoms. The molecule has 2 N–H and O–H groups in total. The van der Waals surface area contributed by atoms with Crippen molar-refractivity contribution in [3.05, 3.63) is 29.3 Å². The number of hydrogen-bond donors (Lipinski definition) is 1. The van der Waals surface area contributed by atoms with Crippen molar-refractivity contribution in [2.75, 3.05) is 32.0 Å². The number of benzene rings is 1. The number of hydrogen-bond acceptors (Lipinski definition) is 4. The first-order chi connectivity index (χ1) is 9.15. The summed E-state index contributed by atoms with van der Waals surface area (Å²) < 4.78 is 5.28. The van der Waals surface area contributed by atoms with Crippen LogP contribution in [0.25, 0.3) is 0 Å². The van der Waals surface area contributed by atoms with Gasteiger partial charge in [-0.05, 0) is 63.0 Å². The van der Waals surface area contributed by atoms with Crippen LogP contribution in [-0.4, -0.2) is 37.1 Å². The average Bonchev–Trinajstić information content (AvgIpc) is 2.86. The van der Waals surface area contributed by atoms with Crippen molar-refractivity contribution >= 4 is 11.7 Å². The molecular weight excluding hydrogens is 240 g/mol. The predicted octanol–water partition coefficient (Wildman–Crippen LogP) is 2.22. The first-order valence-corrected chi connectivity index (χ1v) is 6.92. The molecule has 0 spiro atoms. The Kier molecular flexibility index (Phi) is 4.80. The van der Waals surface area contributed by atoms with Crippen LogP contribution in [0.3, 0.4) is 0 Å². The number of likely N-dealkylation sites (tertiary alicyclic amines) is 1. The monoisotopic (exact) mass is 262 g/mol. The Hall–Kier alpha value is -1.55. The number of rotatable bonds is 5. The van der Waals surface area contributed by atoms with Crippen molar-refractivity contribution in [3.8, 4) is 0 Å². The number of aryl methyl sites for hydroxylation is 1. The van der Waals surface area contributed by atoms with Crippen LogP contribution in [0.5, 0.6) is 0 Å². The van der Waals surface area contributed by atoms with Crippen LogP contribution in [0.4, 0.5) is 5.69 Å². The highest BCUT2D eigenvalue weighted by molar-refractivity contribution is 5.90. The van der Waals surface area contributed by atoms with E-state index in [-0.39, 0.29) is 5.97 Å². The van der Waals surface area contributed by atoms with E-state index in [0.29, 0.717) is 17.9 Å². The Morgan fingerprint density at radius 2 is 2.05 bits per heavy atom. The van der Waals surface area contributed by atoms with Gasteiger partial charge in [0.25, 0.3) is 0 Å². The normalized spacial score (nSPS) is 15.6. The van der Waals surface area contributed by atoms with Crippen LogP contribution in [0.1, 0.15) is 35.2 Å². The van der Waals surface area contributed by atoms with Crippen LogP contribution in [-0.2, 0) is 4.74 Å². The Balaban J connectivity index is 1.74. The fourth-order valence-corrected chi connectivity index (χ4v) is 2.47. The zero-order valence-corrected chi connectivity index (χ0v) is 11.5. The Morgan fingerprint density at radius 3 is 2.74 bits per heavy atom. The summed E-state index contributed by atoms with van der Waals surface area (Å²) in [6, 6.07) is 5.30. The van der Waals surface area contributed by atoms with E-state index < -0.39 is 0 Å². The molecule has 1 aliphatic rings. The molecule has 0 atom stereocenters. The molecule has 0 amide bonds. The molecular formula is C15H22N2O2. The summed E-state index contributed by atoms with van der Waals surface area (Å²) in [5, 5.41) is 0. The fourth-order valence-electron chi connectivity index (χ4n) is 2.47. The second-order valence-corrected chi connectivity index (χ2v) is 5.17. The van der Waals surface area contributed by atoms with Crippen LogP contribution >= 0.6 is 0 Å². The molecule has 0 aliphatic carbocycles. The molecule has 0 radical (unpaired) electrons. The van der Waals surface area contributed by atoms with E-state index in [0.717, 1.165) is 18.5 Å². The lowest BCUT2D eigenvalue weighted by Crippen LogP contribution is -2.22. The minimum Gasteiger partial charge on any atom is -0.462 e. The summed E-state index contributed by atoms with van der Waals surface area (Å²) in [5.74, 6) is -0.281. The van der Waals surface area contributed by atoms with Crippen molar-refractivity contribution < 1.29 is 9.53 Å². The molecule has 1 saturated heterocycles. The number of nitrogens with two attached hydrogens (primary N) is 1. The van der Waals surface area contributed by atoms with Crippen molar-refractivity contribution in [1.82, 2.24) is 4.90 Å². The van der Waals surface area contributed by atoms with Crippen LogP contribution < -0.4 is 5.73 Å². The van der Waals surface area contributed by atoms with Gasteiger partial charge in [0.05, 0.1) is 12.2 Å². The number of anilines is 1. The minimum absolute atomic E-state index is 0.281. The number of carbonyl (C=O) groups excluding carboxylic acids is 1. The van der Waals surface area contributed by atoms with Crippen molar-refractivity contribution in [1.29, 1.82) is 0 Å². The summed E-state index contributed by atoms with van der Waals surface area (Å²) in [7, 11) is 0. The summed E-state index contributed by atoms with van der Waals surface area (Å²) in [6.07, 6.45) is 3.48. The highest BCUT2D eigenvalue weighted by atomic mass is 16.5. The third kappa shape index (κ3) is 4.24. The van der Waals surface area contributed by atoms with E-state index in [9.17, 15) is 4.79 Å². The summed E-state index contributed by atoms with van der Waals surface area (Å²) >= 11 is 0. The Bertz CT molecular complexity index is 420. The first kappa shape index (κ1) is 13.9. The molecule has 4 heteroatoms. The van der Waals surface area contributed by atoms with E-state index in [4.69, 9.17) is 10.5 Å². The fraction of sp³-hybridized carbons (Fsp3) is 0.533. The maximum atomic E-state index is 11.9. The lowest BCUT2D eigenvalue weighted by Gasteiger charge is -2.14. The second kappa shape index (κ2) is 6.57. The van der Waals surface area contributed by atoms with Gasteiger partial charge in [0, 0.05) is 12.2 Å². The zero-order chi connectivity index (χ0) is 13.7. The number of nitrogen functional groups attached to an aromatic ring is 1. The summed E-state index contributed by atoms with van der Waals surface area (Å²) in [6.45, 7) is 5.78. The molecule has 1 aromatic rings. The predicted molar refractivity (Wildman–Crippen MR) is 76.2 cm³/mol. The van der Waals surface area contributed by atoms with Crippen molar-refractivity contribution in [3.63, 3.8) is 0 Å². The zero-order valence-electron chi connectivity index (χ0n) is 11.5. The quantitative estimate of drug-likeness (QED) is 0.502. The van der Waals surface area contributed by atoms with Gasteiger partial charge in [-0.25, -0.2) is 4.79 Å². The van der Waals surface area contributed by atoms with Crippen LogP contribution in [0, 0.1) is 6.92 Å². The van der Waals surface area contributed by atoms with Crippen LogP contribution in [0.15, 0.2) is 18.2 Å². The third-order valence-corrected chi connectivity index (χ3v) is 3.39. The van der Waals surface area contributed by atoms with Gasteiger partial charge >= 0.3 is 5.97 Å². The second-order valence-electron chi connectivity index (χ2n) is 5.17. The number of esters is 1. The SMILES string of the molecule is Cc1cc(N)cc(C(=O)OCCCN2CCCC2)c1. The molecule has 1 aliphatic heterocycles. The number of carbonyl (C=O) groups is 1. The first-order valence-electron chi connectivity index (χ1n) is 6.92. The molecule has 0 bridgehead atoms. The minimum atomic E-state index is -0.281. The largest absolute Gasteiger partial charge is 0.462 e. The average molecular weight is 262 g/mol. The molecule has 2 rings (SSSR count).